The van der Waals surface area contributed by atoms with Crippen molar-refractivity contribution in [3.8, 4) is 5.75 Å². The maximum absolute atomic E-state index is 9.51. The molecule has 0 amide bonds. The van der Waals surface area contributed by atoms with Gasteiger partial charge in [0.15, 0.2) is 0 Å². The minimum atomic E-state index is 0.373. The van der Waals surface area contributed by atoms with Gasteiger partial charge in [0.1, 0.15) is 5.75 Å². The molecule has 13 heavy (non-hydrogen) atoms. The molecule has 1 nitrogen and oxygen atoms in total. The van der Waals surface area contributed by atoms with Crippen LogP contribution in [-0.4, -0.2) is 5.11 Å². The van der Waals surface area contributed by atoms with E-state index >= 15 is 0 Å². The number of phenols is 1. The van der Waals surface area contributed by atoms with E-state index in [1.807, 2.05) is 31.2 Å². The molecule has 0 aliphatic carbocycles. The summed E-state index contributed by atoms with van der Waals surface area (Å²) < 4.78 is 0. The Morgan fingerprint density at radius 2 is 1.77 bits per heavy atom. The predicted molar refractivity (Wildman–Crippen MR) is 55.1 cm³/mol. The van der Waals surface area contributed by atoms with E-state index in [9.17, 15) is 5.11 Å². The molecule has 0 aromatic heterocycles. The molecule has 0 aliphatic rings. The Morgan fingerprint density at radius 3 is 2.54 bits per heavy atom. The molecule has 0 bridgehead atoms. The molecule has 0 unspecified atom stereocenters. The highest BCUT2D eigenvalue weighted by Crippen LogP contribution is 2.26. The third-order valence-electron chi connectivity index (χ3n) is 2.41. The van der Waals surface area contributed by atoms with Crippen LogP contribution in [0.4, 0.5) is 0 Å². The summed E-state index contributed by atoms with van der Waals surface area (Å²) in [5.41, 5.74) is 2.18. The number of aryl methyl sites for hydroxylation is 2. The summed E-state index contributed by atoms with van der Waals surface area (Å²) in [5, 5.41) is 11.8. The van der Waals surface area contributed by atoms with Crippen molar-refractivity contribution in [3.63, 3.8) is 0 Å². The third-order valence-corrected chi connectivity index (χ3v) is 2.41. The number of fused-ring (bicyclic) bond motifs is 1. The van der Waals surface area contributed by atoms with Crippen molar-refractivity contribution in [2.24, 2.45) is 0 Å². The van der Waals surface area contributed by atoms with Gasteiger partial charge in [0.05, 0.1) is 0 Å². The Kier molecular flexibility index (Phi) is 1.73. The minimum Gasteiger partial charge on any atom is -0.508 e. The summed E-state index contributed by atoms with van der Waals surface area (Å²) >= 11 is 0. The molecule has 1 heteroatoms. The van der Waals surface area contributed by atoms with E-state index in [0.717, 1.165) is 10.9 Å². The molecule has 2 aromatic carbocycles. The topological polar surface area (TPSA) is 20.2 Å². The molecule has 0 heterocycles. The standard InChI is InChI=1S/C12H12O/c1-8-4-3-5-10-7-12(13)9(2)6-11(8)10/h3-7,13H,1-2H3. The highest BCUT2D eigenvalue weighted by Gasteiger charge is 2.00. The van der Waals surface area contributed by atoms with Crippen LogP contribution in [0.25, 0.3) is 10.8 Å². The largest absolute Gasteiger partial charge is 0.508 e. The minimum absolute atomic E-state index is 0.373. The smallest absolute Gasteiger partial charge is 0.119 e. The van der Waals surface area contributed by atoms with Crippen LogP contribution >= 0.6 is 0 Å². The lowest BCUT2D eigenvalue weighted by atomic mass is 10.0. The van der Waals surface area contributed by atoms with Gasteiger partial charge in [-0.1, -0.05) is 18.2 Å². The molecule has 66 valence electrons. The van der Waals surface area contributed by atoms with Crippen LogP contribution in [0.3, 0.4) is 0 Å². The molecule has 0 saturated heterocycles. The van der Waals surface area contributed by atoms with Crippen LogP contribution in [0, 0.1) is 13.8 Å². The Labute approximate surface area is 77.6 Å². The highest BCUT2D eigenvalue weighted by molar-refractivity contribution is 5.87. The molecular weight excluding hydrogens is 160 g/mol. The van der Waals surface area contributed by atoms with Gasteiger partial charge in [-0.3, -0.25) is 0 Å². The fraction of sp³-hybridized carbons (Fsp3) is 0.167. The molecule has 1 N–H and O–H groups in total. The number of phenolic OH excluding ortho intramolecular Hbond substituents is 1. The van der Waals surface area contributed by atoms with Crippen molar-refractivity contribution in [3.05, 3.63) is 41.5 Å². The Balaban J connectivity index is 2.89. The second kappa shape index (κ2) is 2.77. The molecule has 0 fully saturated rings. The van der Waals surface area contributed by atoms with E-state index in [0.29, 0.717) is 5.75 Å². The van der Waals surface area contributed by atoms with Crippen LogP contribution in [0.1, 0.15) is 11.1 Å². The number of aromatic hydroxyl groups is 1. The average Bonchev–Trinajstić information content (AvgIpc) is 2.09. The van der Waals surface area contributed by atoms with Gasteiger partial charge in [-0.05, 0) is 47.9 Å². The summed E-state index contributed by atoms with van der Waals surface area (Å²) in [5.74, 6) is 0.373. The average molecular weight is 172 g/mol. The fourth-order valence-electron chi connectivity index (χ4n) is 1.58. The van der Waals surface area contributed by atoms with Gasteiger partial charge in [0, 0.05) is 0 Å². The number of rotatable bonds is 0. The van der Waals surface area contributed by atoms with Gasteiger partial charge >= 0.3 is 0 Å². The highest BCUT2D eigenvalue weighted by atomic mass is 16.3. The normalized spacial score (nSPS) is 10.6. The van der Waals surface area contributed by atoms with E-state index in [1.165, 1.54) is 10.9 Å². The summed E-state index contributed by atoms with van der Waals surface area (Å²) in [6.45, 7) is 4.00. The lowest BCUT2D eigenvalue weighted by Gasteiger charge is -2.04. The van der Waals surface area contributed by atoms with Crippen LogP contribution < -0.4 is 0 Å². The van der Waals surface area contributed by atoms with Crippen LogP contribution in [0.5, 0.6) is 5.75 Å². The van der Waals surface area contributed by atoms with Crippen molar-refractivity contribution in [1.29, 1.82) is 0 Å². The van der Waals surface area contributed by atoms with Gasteiger partial charge in [-0.15, -0.1) is 0 Å². The van der Waals surface area contributed by atoms with Crippen molar-refractivity contribution in [1.82, 2.24) is 0 Å². The van der Waals surface area contributed by atoms with Gasteiger partial charge < -0.3 is 5.11 Å². The molecule has 0 atom stereocenters. The first-order chi connectivity index (χ1) is 6.18. The van der Waals surface area contributed by atoms with E-state index < -0.39 is 0 Å². The molecule has 2 rings (SSSR count). The molecule has 0 aliphatic heterocycles. The third kappa shape index (κ3) is 1.26. The van der Waals surface area contributed by atoms with Gasteiger partial charge in [-0.25, -0.2) is 0 Å². The molecule has 2 aromatic rings. The second-order valence-corrected chi connectivity index (χ2v) is 3.43. The number of hydrogen-bond donors (Lipinski definition) is 1. The van der Waals surface area contributed by atoms with E-state index in [1.54, 1.807) is 0 Å². The maximum atomic E-state index is 9.51. The SMILES string of the molecule is Cc1cc2c(C)cccc2cc1O. The predicted octanol–water partition coefficient (Wildman–Crippen LogP) is 3.16. The number of hydrogen-bond acceptors (Lipinski definition) is 1. The molecule has 0 radical (unpaired) electrons. The fourth-order valence-corrected chi connectivity index (χ4v) is 1.58. The van der Waals surface area contributed by atoms with Crippen LogP contribution in [0.15, 0.2) is 30.3 Å². The summed E-state index contributed by atoms with van der Waals surface area (Å²) in [6.07, 6.45) is 0. The molecular formula is C12H12O. The van der Waals surface area contributed by atoms with Crippen LogP contribution in [0.2, 0.25) is 0 Å². The lowest BCUT2D eigenvalue weighted by Crippen LogP contribution is -1.80. The summed E-state index contributed by atoms with van der Waals surface area (Å²) in [7, 11) is 0. The first-order valence-electron chi connectivity index (χ1n) is 4.37. The zero-order valence-corrected chi connectivity index (χ0v) is 7.83. The quantitative estimate of drug-likeness (QED) is 0.647. The van der Waals surface area contributed by atoms with E-state index in [2.05, 4.69) is 13.0 Å². The monoisotopic (exact) mass is 172 g/mol. The summed E-state index contributed by atoms with van der Waals surface area (Å²) in [4.78, 5) is 0. The first kappa shape index (κ1) is 8.11. The van der Waals surface area contributed by atoms with Gasteiger partial charge in [0.2, 0.25) is 0 Å². The van der Waals surface area contributed by atoms with Gasteiger partial charge in [0.25, 0.3) is 0 Å². The van der Waals surface area contributed by atoms with E-state index in [-0.39, 0.29) is 0 Å². The second-order valence-electron chi connectivity index (χ2n) is 3.43. The molecule has 0 saturated carbocycles. The Morgan fingerprint density at radius 1 is 1.00 bits per heavy atom. The Hall–Kier alpha value is -1.50. The zero-order chi connectivity index (χ0) is 9.42. The first-order valence-corrected chi connectivity index (χ1v) is 4.37. The van der Waals surface area contributed by atoms with Crippen molar-refractivity contribution >= 4 is 10.8 Å². The lowest BCUT2D eigenvalue weighted by molar-refractivity contribution is 0.472. The van der Waals surface area contributed by atoms with Crippen molar-refractivity contribution in [2.75, 3.05) is 0 Å². The Bertz CT molecular complexity index is 458. The van der Waals surface area contributed by atoms with E-state index in [4.69, 9.17) is 0 Å². The van der Waals surface area contributed by atoms with Crippen molar-refractivity contribution < 1.29 is 5.11 Å². The molecule has 0 spiro atoms. The van der Waals surface area contributed by atoms with Crippen molar-refractivity contribution in [2.45, 2.75) is 13.8 Å². The number of benzene rings is 2. The zero-order valence-electron chi connectivity index (χ0n) is 7.83. The van der Waals surface area contributed by atoms with Gasteiger partial charge in [-0.2, -0.15) is 0 Å². The maximum Gasteiger partial charge on any atom is 0.119 e. The van der Waals surface area contributed by atoms with Crippen LogP contribution in [-0.2, 0) is 0 Å². The summed E-state index contributed by atoms with van der Waals surface area (Å²) in [6, 6.07) is 9.95.